The van der Waals surface area contributed by atoms with Crippen molar-refractivity contribution in [1.29, 1.82) is 0 Å². The van der Waals surface area contributed by atoms with Crippen LogP contribution in [0.25, 0.3) is 0 Å². The largest absolute Gasteiger partial charge is 0.490 e. The van der Waals surface area contributed by atoms with Gasteiger partial charge in [-0.15, -0.1) is 5.06 Å². The van der Waals surface area contributed by atoms with E-state index in [1.165, 1.54) is 0 Å². The standard InChI is InChI=1S/C23H29NO4/c1-23(2,3)22(25)28-24-15-13-21(14-16-24)27-20-11-9-19(10-12-20)26-17-18-7-5-4-6-8-18/h4-12,21H,13-17H2,1-3H3. The van der Waals surface area contributed by atoms with Gasteiger partial charge < -0.3 is 14.3 Å². The third kappa shape index (κ3) is 5.99. The smallest absolute Gasteiger partial charge is 0.330 e. The molecule has 5 heteroatoms. The van der Waals surface area contributed by atoms with Gasteiger partial charge in [0.05, 0.1) is 5.41 Å². The fourth-order valence-electron chi connectivity index (χ4n) is 2.84. The molecule has 0 aromatic heterocycles. The Balaban J connectivity index is 1.42. The molecule has 1 aliphatic rings. The summed E-state index contributed by atoms with van der Waals surface area (Å²) in [7, 11) is 0. The number of benzene rings is 2. The Morgan fingerprint density at radius 3 is 2.18 bits per heavy atom. The van der Waals surface area contributed by atoms with Crippen LogP contribution in [0, 0.1) is 5.41 Å². The Hall–Kier alpha value is -2.53. The minimum Gasteiger partial charge on any atom is -0.490 e. The summed E-state index contributed by atoms with van der Waals surface area (Å²) < 4.78 is 11.9. The number of rotatable bonds is 6. The van der Waals surface area contributed by atoms with Gasteiger partial charge in [0.2, 0.25) is 0 Å². The van der Waals surface area contributed by atoms with Crippen molar-refractivity contribution in [2.75, 3.05) is 13.1 Å². The molecule has 0 amide bonds. The van der Waals surface area contributed by atoms with Crippen molar-refractivity contribution < 1.29 is 19.1 Å². The van der Waals surface area contributed by atoms with E-state index in [0.29, 0.717) is 19.7 Å². The number of hydroxylamine groups is 2. The number of carbonyl (C=O) groups excluding carboxylic acids is 1. The summed E-state index contributed by atoms with van der Waals surface area (Å²) in [5, 5.41) is 1.74. The van der Waals surface area contributed by atoms with Crippen LogP contribution in [0.2, 0.25) is 0 Å². The van der Waals surface area contributed by atoms with Crippen LogP contribution in [0.15, 0.2) is 54.6 Å². The zero-order valence-corrected chi connectivity index (χ0v) is 16.9. The molecular weight excluding hydrogens is 354 g/mol. The lowest BCUT2D eigenvalue weighted by atomic mass is 9.98. The van der Waals surface area contributed by atoms with E-state index in [9.17, 15) is 4.79 Å². The van der Waals surface area contributed by atoms with Gasteiger partial charge >= 0.3 is 5.97 Å². The fourth-order valence-corrected chi connectivity index (χ4v) is 2.84. The van der Waals surface area contributed by atoms with Crippen LogP contribution in [-0.2, 0) is 16.2 Å². The van der Waals surface area contributed by atoms with E-state index < -0.39 is 5.41 Å². The second-order valence-corrected chi connectivity index (χ2v) is 8.12. The maximum Gasteiger partial charge on any atom is 0.330 e. The molecule has 2 aromatic carbocycles. The number of hydrogen-bond donors (Lipinski definition) is 0. The van der Waals surface area contributed by atoms with Crippen LogP contribution in [-0.4, -0.2) is 30.2 Å². The highest BCUT2D eigenvalue weighted by molar-refractivity contribution is 5.75. The maximum absolute atomic E-state index is 12.0. The molecule has 1 aliphatic heterocycles. The molecule has 0 unspecified atom stereocenters. The Labute approximate surface area is 167 Å². The summed E-state index contributed by atoms with van der Waals surface area (Å²) in [6.45, 7) is 7.50. The molecular formula is C23H29NO4. The molecule has 3 rings (SSSR count). The van der Waals surface area contributed by atoms with Crippen molar-refractivity contribution in [1.82, 2.24) is 5.06 Å². The van der Waals surface area contributed by atoms with Gasteiger partial charge in [-0.3, -0.25) is 0 Å². The second-order valence-electron chi connectivity index (χ2n) is 8.12. The number of piperidine rings is 1. The van der Waals surface area contributed by atoms with Gasteiger partial charge in [-0.1, -0.05) is 30.3 Å². The summed E-state index contributed by atoms with van der Waals surface area (Å²) in [5.74, 6) is 1.45. The zero-order chi connectivity index (χ0) is 20.0. The lowest BCUT2D eigenvalue weighted by molar-refractivity contribution is -0.207. The van der Waals surface area contributed by atoms with Crippen LogP contribution < -0.4 is 9.47 Å². The van der Waals surface area contributed by atoms with Crippen molar-refractivity contribution in [2.24, 2.45) is 5.41 Å². The van der Waals surface area contributed by atoms with E-state index in [1.54, 1.807) is 5.06 Å². The summed E-state index contributed by atoms with van der Waals surface area (Å²) >= 11 is 0. The predicted molar refractivity (Wildman–Crippen MR) is 108 cm³/mol. The second kappa shape index (κ2) is 9.11. The molecule has 0 aliphatic carbocycles. The van der Waals surface area contributed by atoms with Gasteiger partial charge in [0.25, 0.3) is 0 Å². The molecule has 5 nitrogen and oxygen atoms in total. The Morgan fingerprint density at radius 2 is 1.57 bits per heavy atom. The van der Waals surface area contributed by atoms with Crippen LogP contribution >= 0.6 is 0 Å². The molecule has 0 atom stereocenters. The van der Waals surface area contributed by atoms with Gasteiger partial charge in [-0.2, -0.15) is 0 Å². The average Bonchev–Trinajstić information content (AvgIpc) is 2.69. The number of carbonyl (C=O) groups is 1. The topological polar surface area (TPSA) is 48.0 Å². The minimum atomic E-state index is -0.488. The van der Waals surface area contributed by atoms with Crippen LogP contribution in [0.5, 0.6) is 11.5 Å². The summed E-state index contributed by atoms with van der Waals surface area (Å²) in [4.78, 5) is 17.4. The third-order valence-electron chi connectivity index (χ3n) is 4.60. The highest BCUT2D eigenvalue weighted by Crippen LogP contribution is 2.24. The molecule has 0 N–H and O–H groups in total. The van der Waals surface area contributed by atoms with Crippen molar-refractivity contribution in [2.45, 2.75) is 46.3 Å². The van der Waals surface area contributed by atoms with Gasteiger partial charge in [0.1, 0.15) is 24.2 Å². The third-order valence-corrected chi connectivity index (χ3v) is 4.60. The molecule has 28 heavy (non-hydrogen) atoms. The molecule has 0 bridgehead atoms. The number of ether oxygens (including phenoxy) is 2. The fraction of sp³-hybridized carbons (Fsp3) is 0.435. The molecule has 0 spiro atoms. The summed E-state index contributed by atoms with van der Waals surface area (Å²) in [6.07, 6.45) is 1.77. The summed E-state index contributed by atoms with van der Waals surface area (Å²) in [6, 6.07) is 17.8. The van der Waals surface area contributed by atoms with E-state index in [1.807, 2.05) is 75.4 Å². The molecule has 0 radical (unpaired) electrons. The first-order valence-corrected chi connectivity index (χ1v) is 9.81. The Bertz CT molecular complexity index is 744. The first kappa shape index (κ1) is 20.2. The van der Waals surface area contributed by atoms with Crippen LogP contribution in [0.3, 0.4) is 0 Å². The number of nitrogens with zero attached hydrogens (tertiary/aromatic N) is 1. The normalized spacial score (nSPS) is 15.8. The van der Waals surface area contributed by atoms with Gasteiger partial charge in [0, 0.05) is 25.9 Å². The van der Waals surface area contributed by atoms with Gasteiger partial charge in [-0.05, 0) is 50.6 Å². The van der Waals surface area contributed by atoms with E-state index in [2.05, 4.69) is 0 Å². The van der Waals surface area contributed by atoms with Crippen molar-refractivity contribution in [3.8, 4) is 11.5 Å². The SMILES string of the molecule is CC(C)(C)C(=O)ON1CCC(Oc2ccc(OCc3ccccc3)cc2)CC1. The summed E-state index contributed by atoms with van der Waals surface area (Å²) in [5.41, 5.74) is 0.652. The van der Waals surface area contributed by atoms with Crippen molar-refractivity contribution in [3.05, 3.63) is 60.2 Å². The Morgan fingerprint density at radius 1 is 0.964 bits per heavy atom. The van der Waals surface area contributed by atoms with E-state index in [-0.39, 0.29) is 12.1 Å². The number of hydrogen-bond acceptors (Lipinski definition) is 5. The Kier molecular flexibility index (Phi) is 6.57. The van der Waals surface area contributed by atoms with Gasteiger partial charge in [-0.25, -0.2) is 4.79 Å². The highest BCUT2D eigenvalue weighted by atomic mass is 16.7. The predicted octanol–water partition coefficient (Wildman–Crippen LogP) is 4.61. The van der Waals surface area contributed by atoms with Crippen LogP contribution in [0.1, 0.15) is 39.2 Å². The molecule has 1 heterocycles. The highest BCUT2D eigenvalue weighted by Gasteiger charge is 2.28. The zero-order valence-electron chi connectivity index (χ0n) is 16.9. The molecule has 0 saturated carbocycles. The minimum absolute atomic E-state index is 0.126. The van der Waals surface area contributed by atoms with E-state index in [0.717, 1.165) is 29.9 Å². The lowest BCUT2D eigenvalue weighted by Gasteiger charge is -2.32. The maximum atomic E-state index is 12.0. The van der Waals surface area contributed by atoms with Crippen molar-refractivity contribution in [3.63, 3.8) is 0 Å². The molecule has 1 fully saturated rings. The lowest BCUT2D eigenvalue weighted by Crippen LogP contribution is -2.41. The quantitative estimate of drug-likeness (QED) is 0.729. The van der Waals surface area contributed by atoms with Crippen LogP contribution in [0.4, 0.5) is 0 Å². The monoisotopic (exact) mass is 383 g/mol. The van der Waals surface area contributed by atoms with Gasteiger partial charge in [0.15, 0.2) is 0 Å². The van der Waals surface area contributed by atoms with Crippen molar-refractivity contribution >= 4 is 5.97 Å². The molecule has 150 valence electrons. The molecule has 1 saturated heterocycles. The van der Waals surface area contributed by atoms with E-state index in [4.69, 9.17) is 14.3 Å². The van der Waals surface area contributed by atoms with E-state index >= 15 is 0 Å². The average molecular weight is 383 g/mol. The molecule has 2 aromatic rings. The first-order chi connectivity index (χ1) is 13.4. The first-order valence-electron chi connectivity index (χ1n) is 9.81.